The lowest BCUT2D eigenvalue weighted by Gasteiger charge is -2.12. The summed E-state index contributed by atoms with van der Waals surface area (Å²) in [6, 6.07) is 57.6. The molecule has 4 aromatic heterocycles. The van der Waals surface area contributed by atoms with E-state index in [9.17, 15) is 0 Å². The van der Waals surface area contributed by atoms with Crippen LogP contribution in [0.2, 0.25) is 0 Å². The lowest BCUT2D eigenvalue weighted by Crippen LogP contribution is -1.97. The fraction of sp³-hybridized carbons (Fsp3) is 0. The summed E-state index contributed by atoms with van der Waals surface area (Å²) in [5.74, 6) is 1.26. The Labute approximate surface area is 321 Å². The molecule has 11 aromatic rings. The van der Waals surface area contributed by atoms with Crippen molar-refractivity contribution in [3.05, 3.63) is 182 Å². The van der Waals surface area contributed by atoms with Gasteiger partial charge >= 0.3 is 0 Å². The van der Waals surface area contributed by atoms with Gasteiger partial charge in [-0.3, -0.25) is 0 Å². The SMILES string of the molecule is c1ccc(-c2cnc(-c3ccc(-c4nc(-c5ccccc5)cc(-c5ccc(-c6ccc7c(c6)oc6ccccc67)c6c5oc5ccccc56)n4)cc3)nc2)cc1. The van der Waals surface area contributed by atoms with Crippen molar-refractivity contribution in [1.82, 2.24) is 19.9 Å². The normalized spacial score (nSPS) is 11.6. The molecule has 6 nitrogen and oxygen atoms in total. The molecular formula is C50H30N4O2. The summed E-state index contributed by atoms with van der Waals surface area (Å²) in [5, 5.41) is 4.27. The summed E-state index contributed by atoms with van der Waals surface area (Å²) in [6.45, 7) is 0. The molecule has 0 aliphatic carbocycles. The molecule has 0 saturated carbocycles. The first-order chi connectivity index (χ1) is 27.7. The molecule has 6 heteroatoms. The highest BCUT2D eigenvalue weighted by molar-refractivity contribution is 6.17. The maximum Gasteiger partial charge on any atom is 0.160 e. The van der Waals surface area contributed by atoms with E-state index >= 15 is 0 Å². The average molecular weight is 719 g/mol. The van der Waals surface area contributed by atoms with Crippen LogP contribution in [-0.2, 0) is 0 Å². The third-order valence-electron chi connectivity index (χ3n) is 10.4. The molecule has 0 spiro atoms. The van der Waals surface area contributed by atoms with Crippen LogP contribution in [-0.4, -0.2) is 19.9 Å². The van der Waals surface area contributed by atoms with Gasteiger partial charge in [-0.1, -0.05) is 133 Å². The van der Waals surface area contributed by atoms with E-state index in [0.29, 0.717) is 11.6 Å². The maximum absolute atomic E-state index is 6.73. The van der Waals surface area contributed by atoms with Crippen molar-refractivity contribution in [3.8, 4) is 67.5 Å². The van der Waals surface area contributed by atoms with Gasteiger partial charge in [0, 0.05) is 61.8 Å². The zero-order valence-electron chi connectivity index (χ0n) is 29.9. The smallest absolute Gasteiger partial charge is 0.160 e. The third-order valence-corrected chi connectivity index (χ3v) is 10.4. The Kier molecular flexibility index (Phi) is 7.38. The number of rotatable bonds is 6. The highest BCUT2D eigenvalue weighted by Crippen LogP contribution is 2.43. The molecule has 0 aliphatic rings. The van der Waals surface area contributed by atoms with E-state index in [1.807, 2.05) is 103 Å². The first-order valence-corrected chi connectivity index (χ1v) is 18.5. The Hall–Kier alpha value is -7.70. The first-order valence-electron chi connectivity index (χ1n) is 18.5. The van der Waals surface area contributed by atoms with Gasteiger partial charge in [0.05, 0.1) is 11.4 Å². The molecule has 262 valence electrons. The lowest BCUT2D eigenvalue weighted by atomic mass is 9.95. The van der Waals surface area contributed by atoms with Crippen LogP contribution in [0.3, 0.4) is 0 Å². The first kappa shape index (κ1) is 31.8. The monoisotopic (exact) mass is 718 g/mol. The molecule has 0 aliphatic heterocycles. The Bertz CT molecular complexity index is 3220. The Morgan fingerprint density at radius 1 is 0.339 bits per heavy atom. The van der Waals surface area contributed by atoms with Crippen LogP contribution in [0.1, 0.15) is 0 Å². The van der Waals surface area contributed by atoms with Gasteiger partial charge in [-0.05, 0) is 53.1 Å². The van der Waals surface area contributed by atoms with Crippen molar-refractivity contribution >= 4 is 43.9 Å². The second kappa shape index (κ2) is 13.0. The molecule has 11 rings (SSSR count). The van der Waals surface area contributed by atoms with E-state index in [1.165, 1.54) is 0 Å². The van der Waals surface area contributed by atoms with Crippen LogP contribution < -0.4 is 0 Å². The highest BCUT2D eigenvalue weighted by atomic mass is 16.3. The predicted octanol–water partition coefficient (Wildman–Crippen LogP) is 13.1. The van der Waals surface area contributed by atoms with E-state index in [2.05, 4.69) is 88.8 Å². The van der Waals surface area contributed by atoms with Gasteiger partial charge in [-0.15, -0.1) is 0 Å². The molecule has 0 fully saturated rings. The van der Waals surface area contributed by atoms with Crippen molar-refractivity contribution < 1.29 is 8.83 Å². The summed E-state index contributed by atoms with van der Waals surface area (Å²) >= 11 is 0. The van der Waals surface area contributed by atoms with Gasteiger partial charge in [0.25, 0.3) is 0 Å². The minimum absolute atomic E-state index is 0.608. The molecule has 0 bridgehead atoms. The van der Waals surface area contributed by atoms with E-state index in [4.69, 9.17) is 18.8 Å². The Balaban J connectivity index is 1.04. The molecular weight excluding hydrogens is 689 g/mol. The third kappa shape index (κ3) is 5.43. The standard InChI is InChI=1S/C50H30N4O2/c1-3-11-31(12-4-1)36-29-51-49(52-30-36)33-19-21-34(22-20-33)50-53-42(32-13-5-2-6-14-32)28-43(54-50)40-26-25-37(47-41-16-8-10-18-45(41)56-48(40)47)35-23-24-39-38-15-7-9-17-44(38)55-46(39)27-35/h1-30H. The van der Waals surface area contributed by atoms with Gasteiger partial charge in [0.1, 0.15) is 22.3 Å². The molecule has 0 N–H and O–H groups in total. The van der Waals surface area contributed by atoms with Gasteiger partial charge in [-0.25, -0.2) is 19.9 Å². The zero-order valence-corrected chi connectivity index (χ0v) is 29.9. The molecule has 0 radical (unpaired) electrons. The number of benzene rings is 7. The van der Waals surface area contributed by atoms with Gasteiger partial charge in [0.2, 0.25) is 0 Å². The van der Waals surface area contributed by atoms with E-state index in [0.717, 1.165) is 99.8 Å². The van der Waals surface area contributed by atoms with E-state index in [1.54, 1.807) is 0 Å². The zero-order chi connectivity index (χ0) is 37.0. The minimum atomic E-state index is 0.608. The summed E-state index contributed by atoms with van der Waals surface area (Å²) in [7, 11) is 0. The fourth-order valence-corrected chi connectivity index (χ4v) is 7.66. The molecule has 0 saturated heterocycles. The summed E-state index contributed by atoms with van der Waals surface area (Å²) < 4.78 is 13.0. The Morgan fingerprint density at radius 3 is 1.66 bits per heavy atom. The second-order valence-electron chi connectivity index (χ2n) is 13.8. The lowest BCUT2D eigenvalue weighted by molar-refractivity contribution is 0.668. The molecule has 0 amide bonds. The van der Waals surface area contributed by atoms with Crippen molar-refractivity contribution in [2.45, 2.75) is 0 Å². The predicted molar refractivity (Wildman–Crippen MR) is 225 cm³/mol. The minimum Gasteiger partial charge on any atom is -0.456 e. The number of hydrogen-bond acceptors (Lipinski definition) is 6. The van der Waals surface area contributed by atoms with Crippen molar-refractivity contribution in [2.75, 3.05) is 0 Å². The van der Waals surface area contributed by atoms with Crippen molar-refractivity contribution in [2.24, 2.45) is 0 Å². The number of fused-ring (bicyclic) bond motifs is 6. The molecule has 56 heavy (non-hydrogen) atoms. The van der Waals surface area contributed by atoms with Crippen LogP contribution in [0.15, 0.2) is 191 Å². The van der Waals surface area contributed by atoms with Gasteiger partial charge in [-0.2, -0.15) is 0 Å². The highest BCUT2D eigenvalue weighted by Gasteiger charge is 2.20. The van der Waals surface area contributed by atoms with E-state index < -0.39 is 0 Å². The molecule has 0 unspecified atom stereocenters. The summed E-state index contributed by atoms with van der Waals surface area (Å²) in [5.41, 5.74) is 12.7. The van der Waals surface area contributed by atoms with Crippen molar-refractivity contribution in [1.29, 1.82) is 0 Å². The van der Waals surface area contributed by atoms with E-state index in [-0.39, 0.29) is 0 Å². The van der Waals surface area contributed by atoms with Crippen LogP contribution in [0.25, 0.3) is 111 Å². The number of nitrogens with zero attached hydrogens (tertiary/aromatic N) is 4. The molecule has 0 atom stereocenters. The van der Waals surface area contributed by atoms with Crippen LogP contribution >= 0.6 is 0 Å². The average Bonchev–Trinajstić information content (AvgIpc) is 3.85. The molecule has 4 heterocycles. The maximum atomic E-state index is 6.73. The molecule has 7 aromatic carbocycles. The van der Waals surface area contributed by atoms with Gasteiger partial charge < -0.3 is 8.83 Å². The van der Waals surface area contributed by atoms with Crippen LogP contribution in [0.4, 0.5) is 0 Å². The summed E-state index contributed by atoms with van der Waals surface area (Å²) in [6.07, 6.45) is 3.73. The Morgan fingerprint density at radius 2 is 0.911 bits per heavy atom. The number of hydrogen-bond donors (Lipinski definition) is 0. The van der Waals surface area contributed by atoms with Crippen molar-refractivity contribution in [3.63, 3.8) is 0 Å². The quantitative estimate of drug-likeness (QED) is 0.170. The number of furan rings is 2. The van der Waals surface area contributed by atoms with Gasteiger partial charge in [0.15, 0.2) is 11.6 Å². The summed E-state index contributed by atoms with van der Waals surface area (Å²) in [4.78, 5) is 19.7. The second-order valence-corrected chi connectivity index (χ2v) is 13.8. The van der Waals surface area contributed by atoms with Crippen LogP contribution in [0.5, 0.6) is 0 Å². The topological polar surface area (TPSA) is 77.8 Å². The number of aromatic nitrogens is 4. The fourth-order valence-electron chi connectivity index (χ4n) is 7.66. The van der Waals surface area contributed by atoms with Crippen LogP contribution in [0, 0.1) is 0 Å². The number of para-hydroxylation sites is 2. The largest absolute Gasteiger partial charge is 0.456 e.